The first-order valence-corrected chi connectivity index (χ1v) is 10.3. The molecule has 8 nitrogen and oxygen atoms in total. The number of hydrogen-bond acceptors (Lipinski definition) is 8. The maximum absolute atomic E-state index is 13.7. The Morgan fingerprint density at radius 1 is 0.733 bits per heavy atom. The van der Waals surface area contributed by atoms with Crippen molar-refractivity contribution >= 4 is 19.0 Å². The summed E-state index contributed by atoms with van der Waals surface area (Å²) in [6.07, 6.45) is 0. The second-order valence-corrected chi connectivity index (χ2v) is 7.61. The molecule has 0 spiro atoms. The zero-order valence-corrected chi connectivity index (χ0v) is 18.9. The third-order valence-corrected chi connectivity index (χ3v) is 6.07. The molecular formula is C21H27O8P. The predicted octanol–water partition coefficient (Wildman–Crippen LogP) is 3.26. The Morgan fingerprint density at radius 2 is 1.30 bits per heavy atom. The zero-order chi connectivity index (χ0) is 22.1. The summed E-state index contributed by atoms with van der Waals surface area (Å²) in [5.74, 6) is 2.25. The molecule has 0 aromatic heterocycles. The van der Waals surface area contributed by atoms with Gasteiger partial charge in [-0.25, -0.2) is 0 Å². The lowest BCUT2D eigenvalue weighted by atomic mass is 10.2. The van der Waals surface area contributed by atoms with Crippen LogP contribution in [0, 0.1) is 0 Å². The van der Waals surface area contributed by atoms with E-state index in [2.05, 4.69) is 0 Å². The molecule has 164 valence electrons. The normalized spacial score (nSPS) is 11.5. The third kappa shape index (κ3) is 5.33. The molecule has 1 unspecified atom stereocenters. The molecule has 1 atom stereocenters. The standard InChI is InChI=1S/C21H27O8P/c1-23-9-10-29-30(19-8-7-14(24-2)11-16(19)26-4)21(22)20-17(27-5)12-15(25-3)13-18(20)28-6/h7-8,11-13H,9-10H2,1-6H3. The molecule has 0 aliphatic rings. The molecule has 0 amide bonds. The molecule has 0 N–H and O–H groups in total. The van der Waals surface area contributed by atoms with E-state index in [-0.39, 0.29) is 17.7 Å². The highest BCUT2D eigenvalue weighted by molar-refractivity contribution is 7.78. The van der Waals surface area contributed by atoms with E-state index in [9.17, 15) is 4.79 Å². The fourth-order valence-corrected chi connectivity index (χ4v) is 4.44. The Hall–Kier alpha value is -2.54. The molecule has 0 saturated carbocycles. The van der Waals surface area contributed by atoms with Gasteiger partial charge in [-0.2, -0.15) is 0 Å². The summed E-state index contributed by atoms with van der Waals surface area (Å²) in [5, 5.41) is 0.606. The van der Waals surface area contributed by atoms with E-state index in [1.807, 2.05) is 0 Å². The van der Waals surface area contributed by atoms with Crippen molar-refractivity contribution in [3.05, 3.63) is 35.9 Å². The molecule has 0 heterocycles. The van der Waals surface area contributed by atoms with Gasteiger partial charge >= 0.3 is 0 Å². The summed E-state index contributed by atoms with van der Waals surface area (Å²) < 4.78 is 38.0. The number of benzene rings is 2. The lowest BCUT2D eigenvalue weighted by Gasteiger charge is -2.22. The maximum Gasteiger partial charge on any atom is 0.223 e. The van der Waals surface area contributed by atoms with Crippen LogP contribution in [0.1, 0.15) is 10.4 Å². The summed E-state index contributed by atoms with van der Waals surface area (Å²) >= 11 is 0. The largest absolute Gasteiger partial charge is 0.497 e. The molecule has 9 heteroatoms. The molecule has 0 bridgehead atoms. The van der Waals surface area contributed by atoms with Crippen LogP contribution in [0.3, 0.4) is 0 Å². The van der Waals surface area contributed by atoms with Crippen molar-refractivity contribution in [1.29, 1.82) is 0 Å². The first-order valence-electron chi connectivity index (χ1n) is 9.02. The molecular weight excluding hydrogens is 411 g/mol. The van der Waals surface area contributed by atoms with Gasteiger partial charge in [0.2, 0.25) is 5.52 Å². The summed E-state index contributed by atoms with van der Waals surface area (Å²) in [4.78, 5) is 13.7. The SMILES string of the molecule is COCCOP(C(=O)c1c(OC)cc(OC)cc1OC)c1ccc(OC)cc1OC. The van der Waals surface area contributed by atoms with E-state index in [0.29, 0.717) is 40.7 Å². The van der Waals surface area contributed by atoms with Gasteiger partial charge in [-0.1, -0.05) is 0 Å². The lowest BCUT2D eigenvalue weighted by molar-refractivity contribution is 0.105. The number of ether oxygens (including phenoxy) is 6. The first kappa shape index (κ1) is 23.7. The van der Waals surface area contributed by atoms with Gasteiger partial charge in [0.15, 0.2) is 0 Å². The highest BCUT2D eigenvalue weighted by Crippen LogP contribution is 2.48. The molecule has 2 aromatic carbocycles. The molecule has 30 heavy (non-hydrogen) atoms. The lowest BCUT2D eigenvalue weighted by Crippen LogP contribution is -2.17. The molecule has 0 fully saturated rings. The van der Waals surface area contributed by atoms with Crippen LogP contribution in [0.25, 0.3) is 0 Å². The van der Waals surface area contributed by atoms with E-state index >= 15 is 0 Å². The van der Waals surface area contributed by atoms with Crippen LogP contribution in [0.5, 0.6) is 28.7 Å². The Morgan fingerprint density at radius 3 is 1.80 bits per heavy atom. The summed E-state index contributed by atoms with van der Waals surface area (Å²) in [6.45, 7) is 0.561. The second kappa shape index (κ2) is 11.6. The van der Waals surface area contributed by atoms with Crippen molar-refractivity contribution in [3.63, 3.8) is 0 Å². The first-order chi connectivity index (χ1) is 14.5. The van der Waals surface area contributed by atoms with Crippen LogP contribution < -0.4 is 29.0 Å². The van der Waals surface area contributed by atoms with Crippen LogP contribution in [-0.4, -0.2) is 61.4 Å². The van der Waals surface area contributed by atoms with Gasteiger partial charge in [-0.15, -0.1) is 0 Å². The maximum atomic E-state index is 13.7. The summed E-state index contributed by atoms with van der Waals surface area (Å²) in [7, 11) is 7.33. The monoisotopic (exact) mass is 438 g/mol. The van der Waals surface area contributed by atoms with Crippen LogP contribution in [0.15, 0.2) is 30.3 Å². The van der Waals surface area contributed by atoms with Crippen LogP contribution >= 0.6 is 8.15 Å². The zero-order valence-electron chi connectivity index (χ0n) is 18.0. The average molecular weight is 438 g/mol. The molecule has 0 aliphatic heterocycles. The highest BCUT2D eigenvalue weighted by Gasteiger charge is 2.32. The highest BCUT2D eigenvalue weighted by atomic mass is 31.1. The Balaban J connectivity index is 2.59. The number of carbonyl (C=O) groups excluding carboxylic acids is 1. The van der Waals surface area contributed by atoms with E-state index in [4.69, 9.17) is 32.9 Å². The van der Waals surface area contributed by atoms with Crippen molar-refractivity contribution in [1.82, 2.24) is 0 Å². The van der Waals surface area contributed by atoms with Crippen molar-refractivity contribution in [3.8, 4) is 28.7 Å². The van der Waals surface area contributed by atoms with Crippen molar-refractivity contribution in [2.75, 3.05) is 55.9 Å². The molecule has 0 radical (unpaired) electrons. The van der Waals surface area contributed by atoms with Crippen LogP contribution in [0.4, 0.5) is 0 Å². The van der Waals surface area contributed by atoms with E-state index < -0.39 is 8.15 Å². The van der Waals surface area contributed by atoms with Gasteiger partial charge in [0, 0.05) is 25.3 Å². The Labute approximate surface area is 177 Å². The quantitative estimate of drug-likeness (QED) is 0.369. The topological polar surface area (TPSA) is 81.7 Å². The summed E-state index contributed by atoms with van der Waals surface area (Å²) in [6, 6.07) is 8.48. The molecule has 2 rings (SSSR count). The van der Waals surface area contributed by atoms with Crippen molar-refractivity contribution in [2.24, 2.45) is 0 Å². The number of methoxy groups -OCH3 is 6. The molecule has 0 aliphatic carbocycles. The predicted molar refractivity (Wildman–Crippen MR) is 114 cm³/mol. The van der Waals surface area contributed by atoms with Gasteiger partial charge in [-0.3, -0.25) is 4.79 Å². The minimum atomic E-state index is -1.81. The van der Waals surface area contributed by atoms with Gasteiger partial charge in [0.1, 0.15) is 42.5 Å². The smallest absolute Gasteiger partial charge is 0.223 e. The minimum absolute atomic E-state index is 0.226. The summed E-state index contributed by atoms with van der Waals surface area (Å²) in [5.41, 5.74) is -0.0249. The minimum Gasteiger partial charge on any atom is -0.497 e. The van der Waals surface area contributed by atoms with Crippen LogP contribution in [-0.2, 0) is 9.26 Å². The number of hydrogen-bond donors (Lipinski definition) is 0. The number of carbonyl (C=O) groups is 1. The molecule has 0 saturated heterocycles. The molecule has 2 aromatic rings. The third-order valence-electron chi connectivity index (χ3n) is 4.23. The van der Waals surface area contributed by atoms with Crippen molar-refractivity contribution < 1.29 is 37.7 Å². The van der Waals surface area contributed by atoms with Gasteiger partial charge in [0.05, 0.1) is 54.1 Å². The van der Waals surface area contributed by atoms with E-state index in [1.54, 1.807) is 44.6 Å². The van der Waals surface area contributed by atoms with E-state index in [0.717, 1.165) is 0 Å². The average Bonchev–Trinajstić information content (AvgIpc) is 2.80. The fourth-order valence-electron chi connectivity index (χ4n) is 2.72. The Kier molecular flexibility index (Phi) is 9.17. The van der Waals surface area contributed by atoms with E-state index in [1.165, 1.54) is 28.4 Å². The fraction of sp³-hybridized carbons (Fsp3) is 0.381. The Bertz CT molecular complexity index is 830. The van der Waals surface area contributed by atoms with Gasteiger partial charge in [0.25, 0.3) is 0 Å². The number of rotatable bonds is 12. The van der Waals surface area contributed by atoms with Gasteiger partial charge in [-0.05, 0) is 12.1 Å². The van der Waals surface area contributed by atoms with Crippen LogP contribution in [0.2, 0.25) is 0 Å². The van der Waals surface area contributed by atoms with Crippen molar-refractivity contribution in [2.45, 2.75) is 0 Å². The van der Waals surface area contributed by atoms with Gasteiger partial charge < -0.3 is 32.9 Å². The second-order valence-electron chi connectivity index (χ2n) is 5.87.